The smallest absolute Gasteiger partial charge is 0.307 e. The third kappa shape index (κ3) is 2.81. The number of carboxylic acid groups (broad SMARTS) is 1. The molecule has 92 valence electrons. The van der Waals surface area contributed by atoms with Crippen molar-refractivity contribution in [3.05, 3.63) is 52.1 Å². The van der Waals surface area contributed by atoms with E-state index in [0.29, 0.717) is 26.9 Å². The van der Waals surface area contributed by atoms with Crippen LogP contribution < -0.4 is 0 Å². The van der Waals surface area contributed by atoms with E-state index in [0.717, 1.165) is 0 Å². The van der Waals surface area contributed by atoms with Crippen molar-refractivity contribution in [3.8, 4) is 11.3 Å². The Bertz CT molecular complexity index is 599. The summed E-state index contributed by atoms with van der Waals surface area (Å²) in [4.78, 5) is 14.9. The fourth-order valence-electron chi connectivity index (χ4n) is 1.61. The van der Waals surface area contributed by atoms with Gasteiger partial charge in [-0.15, -0.1) is 0 Å². The Morgan fingerprint density at radius 1 is 1.28 bits per heavy atom. The molecule has 1 N–H and O–H groups in total. The molecule has 0 unspecified atom stereocenters. The summed E-state index contributed by atoms with van der Waals surface area (Å²) in [7, 11) is 0. The van der Waals surface area contributed by atoms with Crippen molar-refractivity contribution in [3.63, 3.8) is 0 Å². The zero-order valence-electron chi connectivity index (χ0n) is 9.23. The van der Waals surface area contributed by atoms with E-state index in [4.69, 9.17) is 28.3 Å². The van der Waals surface area contributed by atoms with Gasteiger partial charge in [-0.05, 0) is 23.8 Å². The summed E-state index contributed by atoms with van der Waals surface area (Å²) >= 11 is 12.0. The largest absolute Gasteiger partial charge is 0.481 e. The summed E-state index contributed by atoms with van der Waals surface area (Å²) in [6, 6.07) is 8.62. The highest BCUT2D eigenvalue weighted by atomic mass is 35.5. The van der Waals surface area contributed by atoms with Crippen LogP contribution in [-0.2, 0) is 11.2 Å². The normalized spacial score (nSPS) is 10.3. The third-order valence-corrected chi connectivity index (χ3v) is 3.23. The minimum absolute atomic E-state index is 0.0479. The third-order valence-electron chi connectivity index (χ3n) is 2.41. The highest BCUT2D eigenvalue weighted by Gasteiger charge is 2.09. The molecule has 0 amide bonds. The van der Waals surface area contributed by atoms with Crippen LogP contribution in [0.2, 0.25) is 10.0 Å². The summed E-state index contributed by atoms with van der Waals surface area (Å²) in [5, 5.41) is 9.62. The highest BCUT2D eigenvalue weighted by Crippen LogP contribution is 2.32. The molecule has 0 saturated carbocycles. The predicted octanol–water partition coefficient (Wildman–Crippen LogP) is 3.68. The van der Waals surface area contributed by atoms with Gasteiger partial charge in [-0.3, -0.25) is 9.78 Å². The SMILES string of the molecule is O=C(O)Cc1ccnc(-c2cccc(Cl)c2Cl)c1. The van der Waals surface area contributed by atoms with E-state index in [9.17, 15) is 4.79 Å². The summed E-state index contributed by atoms with van der Waals surface area (Å²) < 4.78 is 0. The Morgan fingerprint density at radius 3 is 2.78 bits per heavy atom. The van der Waals surface area contributed by atoms with Crippen LogP contribution in [0.15, 0.2) is 36.5 Å². The molecule has 0 aliphatic carbocycles. The molecule has 2 aromatic rings. The molecule has 18 heavy (non-hydrogen) atoms. The lowest BCUT2D eigenvalue weighted by Crippen LogP contribution is -2.00. The first-order valence-corrected chi connectivity index (χ1v) is 5.94. The molecule has 0 spiro atoms. The Labute approximate surface area is 114 Å². The maximum atomic E-state index is 10.7. The van der Waals surface area contributed by atoms with Crippen molar-refractivity contribution in [1.29, 1.82) is 0 Å². The van der Waals surface area contributed by atoms with Crippen molar-refractivity contribution in [2.45, 2.75) is 6.42 Å². The van der Waals surface area contributed by atoms with E-state index in [2.05, 4.69) is 4.98 Å². The lowest BCUT2D eigenvalue weighted by Gasteiger charge is -2.06. The van der Waals surface area contributed by atoms with E-state index in [1.165, 1.54) is 0 Å². The zero-order valence-corrected chi connectivity index (χ0v) is 10.7. The topological polar surface area (TPSA) is 50.2 Å². The molecule has 0 aliphatic rings. The first-order chi connectivity index (χ1) is 8.58. The van der Waals surface area contributed by atoms with E-state index in [1.54, 1.807) is 36.5 Å². The van der Waals surface area contributed by atoms with Crippen LogP contribution in [0.1, 0.15) is 5.56 Å². The number of pyridine rings is 1. The van der Waals surface area contributed by atoms with E-state index < -0.39 is 5.97 Å². The molecule has 3 nitrogen and oxygen atoms in total. The average Bonchev–Trinajstić information content (AvgIpc) is 2.32. The first kappa shape index (κ1) is 12.9. The molecule has 0 bridgehead atoms. The molecular weight excluding hydrogens is 273 g/mol. The molecule has 0 aliphatic heterocycles. The van der Waals surface area contributed by atoms with Gasteiger partial charge in [0.1, 0.15) is 0 Å². The van der Waals surface area contributed by atoms with E-state index in [1.807, 2.05) is 0 Å². The fourth-order valence-corrected chi connectivity index (χ4v) is 2.01. The maximum absolute atomic E-state index is 10.7. The number of halogens is 2. The number of carbonyl (C=O) groups is 1. The fraction of sp³-hybridized carbons (Fsp3) is 0.0769. The molecule has 1 aromatic carbocycles. The molecule has 0 fully saturated rings. The van der Waals surface area contributed by atoms with Gasteiger partial charge in [-0.25, -0.2) is 0 Å². The number of hydrogen-bond acceptors (Lipinski definition) is 2. The van der Waals surface area contributed by atoms with Crippen LogP contribution in [0.5, 0.6) is 0 Å². The number of carboxylic acids is 1. The van der Waals surface area contributed by atoms with Gasteiger partial charge >= 0.3 is 5.97 Å². The minimum atomic E-state index is -0.885. The van der Waals surface area contributed by atoms with Crippen LogP contribution in [0, 0.1) is 0 Å². The number of rotatable bonds is 3. The summed E-state index contributed by atoms with van der Waals surface area (Å²) in [5.74, 6) is -0.885. The molecule has 1 heterocycles. The highest BCUT2D eigenvalue weighted by molar-refractivity contribution is 6.43. The van der Waals surface area contributed by atoms with Crippen LogP contribution in [0.3, 0.4) is 0 Å². The Morgan fingerprint density at radius 2 is 2.06 bits per heavy atom. The number of nitrogens with zero attached hydrogens (tertiary/aromatic N) is 1. The monoisotopic (exact) mass is 281 g/mol. The molecule has 0 atom stereocenters. The summed E-state index contributed by atoms with van der Waals surface area (Å²) in [5.41, 5.74) is 1.97. The van der Waals surface area contributed by atoms with E-state index >= 15 is 0 Å². The van der Waals surface area contributed by atoms with Crippen LogP contribution in [0.25, 0.3) is 11.3 Å². The Balaban J connectivity index is 2.44. The predicted molar refractivity (Wildman–Crippen MR) is 71.0 cm³/mol. The Hall–Kier alpha value is -1.58. The number of aromatic nitrogens is 1. The van der Waals surface area contributed by atoms with Gasteiger partial charge in [-0.2, -0.15) is 0 Å². The summed E-state index contributed by atoms with van der Waals surface area (Å²) in [6.07, 6.45) is 1.51. The van der Waals surface area contributed by atoms with E-state index in [-0.39, 0.29) is 6.42 Å². The molecule has 0 radical (unpaired) electrons. The molecule has 1 aromatic heterocycles. The second-order valence-electron chi connectivity index (χ2n) is 3.72. The lowest BCUT2D eigenvalue weighted by atomic mass is 10.1. The van der Waals surface area contributed by atoms with Crippen molar-refractivity contribution in [1.82, 2.24) is 4.98 Å². The number of aliphatic carboxylic acids is 1. The summed E-state index contributed by atoms with van der Waals surface area (Å²) in [6.45, 7) is 0. The minimum Gasteiger partial charge on any atom is -0.481 e. The number of benzene rings is 1. The number of hydrogen-bond donors (Lipinski definition) is 1. The Kier molecular flexibility index (Phi) is 3.84. The van der Waals surface area contributed by atoms with Gasteiger partial charge in [0.25, 0.3) is 0 Å². The molecular formula is C13H9Cl2NO2. The van der Waals surface area contributed by atoms with Crippen LogP contribution >= 0.6 is 23.2 Å². The van der Waals surface area contributed by atoms with Crippen molar-refractivity contribution < 1.29 is 9.90 Å². The quantitative estimate of drug-likeness (QED) is 0.934. The first-order valence-electron chi connectivity index (χ1n) is 5.19. The van der Waals surface area contributed by atoms with Gasteiger partial charge in [0.2, 0.25) is 0 Å². The standard InChI is InChI=1S/C13H9Cl2NO2/c14-10-3-1-2-9(13(10)15)11-6-8(4-5-16-11)7-12(17)18/h1-6H,7H2,(H,17,18). The molecule has 2 rings (SSSR count). The molecule has 5 heteroatoms. The molecule has 0 saturated heterocycles. The van der Waals surface area contributed by atoms with Gasteiger partial charge < -0.3 is 5.11 Å². The van der Waals surface area contributed by atoms with Gasteiger partial charge in [0.15, 0.2) is 0 Å². The van der Waals surface area contributed by atoms with Crippen molar-refractivity contribution in [2.75, 3.05) is 0 Å². The second kappa shape index (κ2) is 5.38. The maximum Gasteiger partial charge on any atom is 0.307 e. The van der Waals surface area contributed by atoms with Gasteiger partial charge in [-0.1, -0.05) is 35.3 Å². The lowest BCUT2D eigenvalue weighted by molar-refractivity contribution is -0.136. The van der Waals surface area contributed by atoms with Crippen molar-refractivity contribution >= 4 is 29.2 Å². The van der Waals surface area contributed by atoms with Gasteiger partial charge in [0, 0.05) is 11.8 Å². The van der Waals surface area contributed by atoms with Crippen LogP contribution in [0.4, 0.5) is 0 Å². The average molecular weight is 282 g/mol. The van der Waals surface area contributed by atoms with Gasteiger partial charge in [0.05, 0.1) is 22.2 Å². The second-order valence-corrected chi connectivity index (χ2v) is 4.51. The van der Waals surface area contributed by atoms with Crippen LogP contribution in [-0.4, -0.2) is 16.1 Å². The zero-order chi connectivity index (χ0) is 13.1. The van der Waals surface area contributed by atoms with Crippen molar-refractivity contribution in [2.24, 2.45) is 0 Å².